The van der Waals surface area contributed by atoms with Gasteiger partial charge in [0.1, 0.15) is 12.2 Å². The third-order valence-corrected chi connectivity index (χ3v) is 12.3. The predicted molar refractivity (Wildman–Crippen MR) is 141 cm³/mol. The first kappa shape index (κ1) is 29.7. The molecule has 10 atom stereocenters. The summed E-state index contributed by atoms with van der Waals surface area (Å²) in [5, 5.41) is 0. The van der Waals surface area contributed by atoms with Crippen LogP contribution in [0.25, 0.3) is 0 Å². The zero-order valence-corrected chi connectivity index (χ0v) is 24.8. The van der Waals surface area contributed by atoms with Crippen LogP contribution in [0.15, 0.2) is 0 Å². The Kier molecular flexibility index (Phi) is 8.53. The van der Waals surface area contributed by atoms with E-state index >= 15 is 0 Å². The minimum Gasteiger partial charge on any atom is -0.264 e. The van der Waals surface area contributed by atoms with Crippen LogP contribution in [0.1, 0.15) is 105 Å². The van der Waals surface area contributed by atoms with Crippen LogP contribution < -0.4 is 0 Å². The maximum absolute atomic E-state index is 11.6. The lowest BCUT2D eigenvalue weighted by molar-refractivity contribution is -0.152. The molecule has 37 heavy (non-hydrogen) atoms. The quantitative estimate of drug-likeness (QED) is 0.322. The zero-order chi connectivity index (χ0) is 27.4. The van der Waals surface area contributed by atoms with Gasteiger partial charge in [0.05, 0.1) is 0 Å². The van der Waals surface area contributed by atoms with Gasteiger partial charge in [-0.15, -0.1) is 0 Å². The summed E-state index contributed by atoms with van der Waals surface area (Å²) in [7, 11) is -9.61. The fraction of sp³-hybridized carbons (Fsp3) is 1.00. The van der Waals surface area contributed by atoms with E-state index in [2.05, 4.69) is 34.6 Å². The monoisotopic (exact) mass is 564 g/mol. The van der Waals surface area contributed by atoms with E-state index in [-0.39, 0.29) is 24.2 Å². The standard InChI is InChI=1S/C27H48O8S2/c1-17(2)7-6-8-18(3)21-11-12-22-20-10-9-19-15-24(34-36(28,29)30)25(35-37(31,32)33)16-27(19,5)23(20)13-14-26(21,22)4/h17-25H,6-16H2,1-5H3,(H,28,29,30)(H,31,32,33)/t18-,19+,20+,21-,22+,23+,24+,25+,26-,27+/m1/s1. The van der Waals surface area contributed by atoms with Gasteiger partial charge in [0.25, 0.3) is 0 Å². The van der Waals surface area contributed by atoms with E-state index in [1.54, 1.807) is 0 Å². The average molecular weight is 565 g/mol. The minimum absolute atomic E-state index is 0.137. The molecule has 4 aliphatic rings. The molecule has 10 heteroatoms. The van der Waals surface area contributed by atoms with E-state index in [0.717, 1.165) is 43.4 Å². The normalized spacial score (nSPS) is 43.2. The zero-order valence-electron chi connectivity index (χ0n) is 23.1. The molecule has 0 bridgehead atoms. The second-order valence-electron chi connectivity index (χ2n) is 13.8. The first-order valence-electron chi connectivity index (χ1n) is 14.3. The summed E-state index contributed by atoms with van der Waals surface area (Å²) < 4.78 is 74.8. The smallest absolute Gasteiger partial charge is 0.264 e. The third kappa shape index (κ3) is 6.24. The van der Waals surface area contributed by atoms with Crippen molar-refractivity contribution in [2.24, 2.45) is 52.3 Å². The van der Waals surface area contributed by atoms with E-state index in [1.165, 1.54) is 32.1 Å². The summed E-state index contributed by atoms with van der Waals surface area (Å²) in [6, 6.07) is 0. The van der Waals surface area contributed by atoms with Gasteiger partial charge in [0.2, 0.25) is 0 Å². The van der Waals surface area contributed by atoms with Crippen LogP contribution >= 0.6 is 0 Å². The molecule has 0 aromatic carbocycles. The topological polar surface area (TPSA) is 127 Å². The summed E-state index contributed by atoms with van der Waals surface area (Å²) in [5.74, 6) is 3.94. The Morgan fingerprint density at radius 3 is 2.05 bits per heavy atom. The molecule has 4 rings (SSSR count). The Hall–Kier alpha value is -0.260. The molecule has 4 aliphatic carbocycles. The second-order valence-corrected chi connectivity index (χ2v) is 15.8. The summed E-state index contributed by atoms with van der Waals surface area (Å²) in [5.41, 5.74) is 0.0802. The molecule has 0 heterocycles. The van der Waals surface area contributed by atoms with Crippen molar-refractivity contribution in [3.63, 3.8) is 0 Å². The molecule has 0 radical (unpaired) electrons. The van der Waals surface area contributed by atoms with Gasteiger partial charge in [-0.2, -0.15) is 16.8 Å². The molecule has 0 spiro atoms. The molecule has 0 amide bonds. The van der Waals surface area contributed by atoms with E-state index in [4.69, 9.17) is 8.37 Å². The average Bonchev–Trinajstić information content (AvgIpc) is 3.09. The van der Waals surface area contributed by atoms with E-state index in [9.17, 15) is 25.9 Å². The van der Waals surface area contributed by atoms with Crippen LogP contribution in [0.3, 0.4) is 0 Å². The fourth-order valence-electron chi connectivity index (χ4n) is 9.77. The number of rotatable bonds is 9. The molecule has 0 unspecified atom stereocenters. The lowest BCUT2D eigenvalue weighted by Crippen LogP contribution is -2.57. The van der Waals surface area contributed by atoms with Crippen molar-refractivity contribution < 1.29 is 34.3 Å². The Bertz CT molecular complexity index is 1030. The number of hydrogen-bond donors (Lipinski definition) is 2. The van der Waals surface area contributed by atoms with Crippen molar-refractivity contribution in [2.45, 2.75) is 117 Å². The van der Waals surface area contributed by atoms with Crippen molar-refractivity contribution in [1.29, 1.82) is 0 Å². The van der Waals surface area contributed by atoms with Gasteiger partial charge in [-0.3, -0.25) is 9.11 Å². The predicted octanol–water partition coefficient (Wildman–Crippen LogP) is 6.09. The van der Waals surface area contributed by atoms with Crippen molar-refractivity contribution in [3.05, 3.63) is 0 Å². The maximum Gasteiger partial charge on any atom is 0.397 e. The van der Waals surface area contributed by atoms with E-state index < -0.39 is 33.0 Å². The molecular weight excluding hydrogens is 516 g/mol. The lowest BCUT2D eigenvalue weighted by atomic mass is 9.44. The van der Waals surface area contributed by atoms with Crippen LogP contribution in [0.5, 0.6) is 0 Å². The largest absolute Gasteiger partial charge is 0.397 e. The van der Waals surface area contributed by atoms with Crippen molar-refractivity contribution in [1.82, 2.24) is 0 Å². The van der Waals surface area contributed by atoms with Gasteiger partial charge < -0.3 is 0 Å². The minimum atomic E-state index is -4.82. The van der Waals surface area contributed by atoms with Gasteiger partial charge in [0.15, 0.2) is 0 Å². The van der Waals surface area contributed by atoms with Gasteiger partial charge in [-0.05, 0) is 104 Å². The van der Waals surface area contributed by atoms with Crippen molar-refractivity contribution >= 4 is 20.8 Å². The SMILES string of the molecule is CC(C)CCC[C@@H](C)[C@H]1CC[C@H]2[C@@H]3CC[C@H]4C[C@H](OS(=O)(=O)O)[C@@H](OS(=O)(=O)O)C[C@]4(C)[C@H]3CC[C@]12C. The molecule has 0 aliphatic heterocycles. The Balaban J connectivity index is 1.53. The second kappa shape index (κ2) is 10.6. The highest BCUT2D eigenvalue weighted by molar-refractivity contribution is 7.81. The number of fused-ring (bicyclic) bond motifs is 5. The van der Waals surface area contributed by atoms with E-state index in [0.29, 0.717) is 23.2 Å². The Labute approximate surface area is 224 Å². The number of hydrogen-bond acceptors (Lipinski definition) is 6. The van der Waals surface area contributed by atoms with Crippen LogP contribution in [0.4, 0.5) is 0 Å². The lowest BCUT2D eigenvalue weighted by Gasteiger charge is -2.62. The molecular formula is C27H48O8S2. The molecule has 8 nitrogen and oxygen atoms in total. The van der Waals surface area contributed by atoms with Gasteiger partial charge >= 0.3 is 20.8 Å². The van der Waals surface area contributed by atoms with Crippen LogP contribution in [0.2, 0.25) is 0 Å². The van der Waals surface area contributed by atoms with Gasteiger partial charge in [0, 0.05) is 0 Å². The molecule has 0 aromatic rings. The van der Waals surface area contributed by atoms with Crippen molar-refractivity contribution in [2.75, 3.05) is 0 Å². The highest BCUT2D eigenvalue weighted by Gasteiger charge is 2.62. The molecule has 216 valence electrons. The molecule has 4 fully saturated rings. The maximum atomic E-state index is 11.6. The van der Waals surface area contributed by atoms with Crippen molar-refractivity contribution in [3.8, 4) is 0 Å². The summed E-state index contributed by atoms with van der Waals surface area (Å²) in [6.45, 7) is 11.8. The summed E-state index contributed by atoms with van der Waals surface area (Å²) in [6.07, 6.45) is 8.88. The third-order valence-electron chi connectivity index (χ3n) is 11.3. The Morgan fingerprint density at radius 1 is 0.811 bits per heavy atom. The summed E-state index contributed by atoms with van der Waals surface area (Å²) >= 11 is 0. The first-order valence-corrected chi connectivity index (χ1v) is 17.1. The van der Waals surface area contributed by atoms with Crippen LogP contribution in [-0.2, 0) is 29.2 Å². The molecule has 2 N–H and O–H groups in total. The van der Waals surface area contributed by atoms with Gasteiger partial charge in [-0.1, -0.05) is 53.9 Å². The molecule has 0 aromatic heterocycles. The fourth-order valence-corrected chi connectivity index (χ4v) is 10.8. The Morgan fingerprint density at radius 2 is 1.43 bits per heavy atom. The highest BCUT2D eigenvalue weighted by atomic mass is 32.3. The van der Waals surface area contributed by atoms with Gasteiger partial charge in [-0.25, -0.2) is 8.37 Å². The first-order chi connectivity index (χ1) is 17.0. The van der Waals surface area contributed by atoms with Crippen LogP contribution in [-0.4, -0.2) is 38.1 Å². The van der Waals surface area contributed by atoms with Crippen LogP contribution in [0, 0.1) is 52.3 Å². The molecule has 0 saturated heterocycles. The molecule has 4 saturated carbocycles. The summed E-state index contributed by atoms with van der Waals surface area (Å²) in [4.78, 5) is 0. The van der Waals surface area contributed by atoms with E-state index in [1.807, 2.05) is 0 Å². The highest BCUT2D eigenvalue weighted by Crippen LogP contribution is 2.68.